The lowest BCUT2D eigenvalue weighted by molar-refractivity contribution is 0.466. The van der Waals surface area contributed by atoms with Crippen LogP contribution in [-0.4, -0.2) is 20.2 Å². The van der Waals surface area contributed by atoms with Gasteiger partial charge in [0.2, 0.25) is 0 Å². The van der Waals surface area contributed by atoms with Gasteiger partial charge in [-0.15, -0.1) is 10.2 Å². The highest BCUT2D eigenvalue weighted by Crippen LogP contribution is 2.33. The Morgan fingerprint density at radius 2 is 1.82 bits per heavy atom. The fourth-order valence-corrected chi connectivity index (χ4v) is 4.26. The Morgan fingerprint density at radius 3 is 2.71 bits per heavy atom. The fraction of sp³-hybridized carbons (Fsp3) is 0.0952. The molecule has 0 aliphatic rings. The van der Waals surface area contributed by atoms with Gasteiger partial charge in [-0.25, -0.2) is 0 Å². The molecule has 0 saturated heterocycles. The van der Waals surface area contributed by atoms with Crippen LogP contribution in [0.15, 0.2) is 64.4 Å². The van der Waals surface area contributed by atoms with Crippen LogP contribution in [0.5, 0.6) is 0 Å². The van der Waals surface area contributed by atoms with E-state index in [-0.39, 0.29) is 0 Å². The van der Waals surface area contributed by atoms with Crippen molar-refractivity contribution in [3.05, 3.63) is 71.0 Å². The number of aromatic nitrogens is 4. The van der Waals surface area contributed by atoms with Gasteiger partial charge in [0, 0.05) is 28.2 Å². The number of benzene rings is 2. The number of fused-ring (bicyclic) bond motifs is 2. The molecule has 0 saturated carbocycles. The molecule has 0 amide bonds. The predicted molar refractivity (Wildman–Crippen MR) is 113 cm³/mol. The number of aryl methyl sites for hydroxylation is 1. The van der Waals surface area contributed by atoms with Gasteiger partial charge in [0.15, 0.2) is 0 Å². The van der Waals surface area contributed by atoms with E-state index in [4.69, 9.17) is 21.0 Å². The number of thioether (sulfide) groups is 1. The number of H-pyrrole nitrogens is 1. The summed E-state index contributed by atoms with van der Waals surface area (Å²) in [5.74, 6) is 1.05. The summed E-state index contributed by atoms with van der Waals surface area (Å²) in [5.41, 5.74) is 4.72. The molecule has 7 heteroatoms. The van der Waals surface area contributed by atoms with E-state index in [9.17, 15) is 0 Å². The summed E-state index contributed by atoms with van der Waals surface area (Å²) >= 11 is 7.97. The van der Waals surface area contributed by atoms with Crippen molar-refractivity contribution >= 4 is 45.2 Å². The molecular weight excluding hydrogens is 392 g/mol. The van der Waals surface area contributed by atoms with Gasteiger partial charge in [-0.1, -0.05) is 59.8 Å². The Morgan fingerprint density at radius 1 is 1.04 bits per heavy atom. The van der Waals surface area contributed by atoms with Crippen molar-refractivity contribution < 1.29 is 4.42 Å². The molecule has 0 spiro atoms. The van der Waals surface area contributed by atoms with Gasteiger partial charge >= 0.3 is 0 Å². The van der Waals surface area contributed by atoms with Crippen LogP contribution in [-0.2, 0) is 5.75 Å². The van der Waals surface area contributed by atoms with Crippen LogP contribution in [0.1, 0.15) is 11.3 Å². The molecule has 0 fully saturated rings. The predicted octanol–water partition coefficient (Wildman–Crippen LogP) is 6.02. The number of nitrogens with one attached hydrogen (secondary N) is 1. The number of hydrogen-bond acceptors (Lipinski definition) is 5. The first kappa shape index (κ1) is 17.3. The van der Waals surface area contributed by atoms with E-state index < -0.39 is 0 Å². The average Bonchev–Trinajstić information content (AvgIpc) is 3.36. The minimum Gasteiger partial charge on any atom is -0.411 e. The van der Waals surface area contributed by atoms with Gasteiger partial charge in [-0.2, -0.15) is 0 Å². The fourth-order valence-electron chi connectivity index (χ4n) is 3.27. The van der Waals surface area contributed by atoms with Crippen molar-refractivity contribution in [1.29, 1.82) is 0 Å². The zero-order chi connectivity index (χ0) is 19.1. The molecule has 5 nitrogen and oxygen atoms in total. The molecule has 0 aliphatic heterocycles. The third-order valence-corrected chi connectivity index (χ3v) is 6.04. The second-order valence-electron chi connectivity index (χ2n) is 6.42. The molecule has 5 aromatic rings. The molecule has 0 aliphatic carbocycles. The minimum atomic E-state index is 0.490. The summed E-state index contributed by atoms with van der Waals surface area (Å²) in [5, 5.41) is 11.7. The van der Waals surface area contributed by atoms with Crippen LogP contribution in [0.25, 0.3) is 33.3 Å². The molecule has 1 N–H and O–H groups in total. The Kier molecular flexibility index (Phi) is 4.30. The molecule has 5 rings (SSSR count). The molecule has 138 valence electrons. The molecule has 0 bridgehead atoms. The Bertz CT molecular complexity index is 1310. The first-order chi connectivity index (χ1) is 13.7. The maximum Gasteiger partial charge on any atom is 0.277 e. The number of hydrogen-bond donors (Lipinski definition) is 1. The highest BCUT2D eigenvalue weighted by atomic mass is 35.5. The van der Waals surface area contributed by atoms with Crippen molar-refractivity contribution in [1.82, 2.24) is 20.2 Å². The zero-order valence-electron chi connectivity index (χ0n) is 14.9. The molecule has 2 aromatic carbocycles. The van der Waals surface area contributed by atoms with Crippen LogP contribution in [0.4, 0.5) is 0 Å². The highest BCUT2D eigenvalue weighted by Gasteiger charge is 2.15. The molecule has 3 aromatic heterocycles. The van der Waals surface area contributed by atoms with Crippen molar-refractivity contribution in [3.8, 4) is 11.5 Å². The highest BCUT2D eigenvalue weighted by molar-refractivity contribution is 7.98. The summed E-state index contributed by atoms with van der Waals surface area (Å²) in [6.45, 7) is 2.02. The second-order valence-corrected chi connectivity index (χ2v) is 7.73. The number of rotatable bonds is 4. The largest absolute Gasteiger partial charge is 0.411 e. The number of nitrogens with zero attached hydrogens (tertiary/aromatic N) is 3. The van der Waals surface area contributed by atoms with Crippen molar-refractivity contribution in [2.45, 2.75) is 17.9 Å². The molecule has 28 heavy (non-hydrogen) atoms. The normalized spacial score (nSPS) is 11.5. The minimum absolute atomic E-state index is 0.490. The summed E-state index contributed by atoms with van der Waals surface area (Å²) in [6.07, 6.45) is 1.89. The standard InChI is InChI=1S/C21H15ClN4OS/c1-12-13-6-2-5-9-17(13)24-18(19(12)22)11-28-21-26-25-20(27-21)15-10-23-16-8-4-3-7-14(15)16/h2-10,23H,11H2,1H3. The lowest BCUT2D eigenvalue weighted by Gasteiger charge is -2.08. The summed E-state index contributed by atoms with van der Waals surface area (Å²) in [7, 11) is 0. The quantitative estimate of drug-likeness (QED) is 0.369. The number of halogens is 1. The van der Waals surface area contributed by atoms with E-state index in [2.05, 4.69) is 15.2 Å². The molecule has 3 heterocycles. The molecule has 0 atom stereocenters. The lowest BCUT2D eigenvalue weighted by atomic mass is 10.1. The van der Waals surface area contributed by atoms with E-state index in [1.54, 1.807) is 0 Å². The second kappa shape index (κ2) is 6.96. The van der Waals surface area contributed by atoms with Crippen LogP contribution >= 0.6 is 23.4 Å². The third kappa shape index (κ3) is 2.95. The third-order valence-electron chi connectivity index (χ3n) is 4.70. The van der Waals surface area contributed by atoms with E-state index in [1.807, 2.05) is 61.7 Å². The van der Waals surface area contributed by atoms with E-state index in [0.717, 1.165) is 38.6 Å². The first-order valence-corrected chi connectivity index (χ1v) is 10.1. The Labute approximate surface area is 170 Å². The zero-order valence-corrected chi connectivity index (χ0v) is 16.5. The van der Waals surface area contributed by atoms with Gasteiger partial charge in [0.05, 0.1) is 21.8 Å². The topological polar surface area (TPSA) is 67.6 Å². The Balaban J connectivity index is 1.41. The Hall–Kier alpha value is -2.83. The smallest absolute Gasteiger partial charge is 0.277 e. The van der Waals surface area contributed by atoms with Gasteiger partial charge in [-0.3, -0.25) is 4.98 Å². The van der Waals surface area contributed by atoms with Crippen molar-refractivity contribution in [2.24, 2.45) is 0 Å². The summed E-state index contributed by atoms with van der Waals surface area (Å²) < 4.78 is 5.87. The van der Waals surface area contributed by atoms with Crippen LogP contribution in [0.2, 0.25) is 5.02 Å². The maximum absolute atomic E-state index is 6.54. The van der Waals surface area contributed by atoms with Crippen LogP contribution in [0, 0.1) is 6.92 Å². The first-order valence-electron chi connectivity index (χ1n) is 8.77. The van der Waals surface area contributed by atoms with Gasteiger partial charge in [0.1, 0.15) is 0 Å². The van der Waals surface area contributed by atoms with Crippen LogP contribution < -0.4 is 0 Å². The van der Waals surface area contributed by atoms with E-state index in [0.29, 0.717) is 21.9 Å². The molecular formula is C21H15ClN4OS. The number of pyridine rings is 1. The van der Waals surface area contributed by atoms with E-state index >= 15 is 0 Å². The molecule has 0 unspecified atom stereocenters. The van der Waals surface area contributed by atoms with Crippen molar-refractivity contribution in [3.63, 3.8) is 0 Å². The monoisotopic (exact) mass is 406 g/mol. The maximum atomic E-state index is 6.54. The molecule has 0 radical (unpaired) electrons. The lowest BCUT2D eigenvalue weighted by Crippen LogP contribution is -1.94. The van der Waals surface area contributed by atoms with E-state index in [1.165, 1.54) is 11.8 Å². The average molecular weight is 407 g/mol. The van der Waals surface area contributed by atoms with Crippen LogP contribution in [0.3, 0.4) is 0 Å². The van der Waals surface area contributed by atoms with Gasteiger partial charge < -0.3 is 9.40 Å². The SMILES string of the molecule is Cc1c(Cl)c(CSc2nnc(-c3c[nH]c4ccccc34)o2)nc2ccccc12. The van der Waals surface area contributed by atoms with Crippen molar-refractivity contribution in [2.75, 3.05) is 0 Å². The summed E-state index contributed by atoms with van der Waals surface area (Å²) in [4.78, 5) is 7.92. The summed E-state index contributed by atoms with van der Waals surface area (Å²) in [6, 6.07) is 16.0. The van der Waals surface area contributed by atoms with Gasteiger partial charge in [-0.05, 0) is 24.6 Å². The van der Waals surface area contributed by atoms with Gasteiger partial charge in [0.25, 0.3) is 11.1 Å². The number of para-hydroxylation sites is 2. The number of aromatic amines is 1.